The third-order valence-corrected chi connectivity index (χ3v) is 5.83. The largest absolute Gasteiger partial charge is 0.494 e. The SMILES string of the molecule is CCOc1ccc2nc(N(CC3CCCO3)C(=O)COc3ccccc3F)sc2c1. The Balaban J connectivity index is 1.56. The van der Waals surface area contributed by atoms with Crippen LogP contribution in [0.4, 0.5) is 9.52 Å². The summed E-state index contributed by atoms with van der Waals surface area (Å²) in [5, 5.41) is 0.566. The van der Waals surface area contributed by atoms with Gasteiger partial charge in [-0.1, -0.05) is 23.5 Å². The highest BCUT2D eigenvalue weighted by Gasteiger charge is 2.26. The Kier molecular flexibility index (Phi) is 6.44. The van der Waals surface area contributed by atoms with Crippen molar-refractivity contribution in [3.63, 3.8) is 0 Å². The molecule has 2 aromatic carbocycles. The molecule has 30 heavy (non-hydrogen) atoms. The number of carbonyl (C=O) groups excluding carboxylic acids is 1. The van der Waals surface area contributed by atoms with E-state index < -0.39 is 5.82 Å². The maximum Gasteiger partial charge on any atom is 0.266 e. The first-order valence-corrected chi connectivity index (χ1v) is 10.8. The quantitative estimate of drug-likeness (QED) is 0.529. The summed E-state index contributed by atoms with van der Waals surface area (Å²) in [5.74, 6) is 0.0194. The number of rotatable bonds is 8. The average molecular weight is 431 g/mol. The summed E-state index contributed by atoms with van der Waals surface area (Å²) in [6.45, 7) is 3.30. The molecule has 2 heterocycles. The van der Waals surface area contributed by atoms with E-state index in [-0.39, 0.29) is 24.4 Å². The molecule has 158 valence electrons. The molecule has 1 atom stereocenters. The van der Waals surface area contributed by atoms with E-state index in [1.54, 1.807) is 17.0 Å². The normalized spacial score (nSPS) is 16.0. The molecule has 0 spiro atoms. The van der Waals surface area contributed by atoms with Gasteiger partial charge in [-0.05, 0) is 50.1 Å². The van der Waals surface area contributed by atoms with Gasteiger partial charge in [0.25, 0.3) is 5.91 Å². The Morgan fingerprint density at radius 3 is 2.93 bits per heavy atom. The van der Waals surface area contributed by atoms with Gasteiger partial charge in [-0.2, -0.15) is 0 Å². The van der Waals surface area contributed by atoms with Crippen molar-refractivity contribution in [3.05, 3.63) is 48.3 Å². The minimum atomic E-state index is -0.501. The number of hydrogen-bond donors (Lipinski definition) is 0. The van der Waals surface area contributed by atoms with Crippen LogP contribution in [0.5, 0.6) is 11.5 Å². The number of thiazole rings is 1. The summed E-state index contributed by atoms with van der Waals surface area (Å²) in [6.07, 6.45) is 1.81. The van der Waals surface area contributed by atoms with Gasteiger partial charge in [-0.25, -0.2) is 9.37 Å². The summed E-state index contributed by atoms with van der Waals surface area (Å²) in [5.41, 5.74) is 0.790. The molecule has 0 radical (unpaired) electrons. The lowest BCUT2D eigenvalue weighted by atomic mass is 10.2. The predicted molar refractivity (Wildman–Crippen MR) is 114 cm³/mol. The van der Waals surface area contributed by atoms with Gasteiger partial charge in [0.2, 0.25) is 0 Å². The smallest absolute Gasteiger partial charge is 0.266 e. The number of fused-ring (bicyclic) bond motifs is 1. The first-order valence-electron chi connectivity index (χ1n) is 9.96. The molecule has 1 unspecified atom stereocenters. The molecule has 0 saturated carbocycles. The molecule has 1 aliphatic heterocycles. The zero-order valence-electron chi connectivity index (χ0n) is 16.7. The van der Waals surface area contributed by atoms with Gasteiger partial charge in [0.15, 0.2) is 23.3 Å². The number of amides is 1. The molecular formula is C22H23FN2O4S. The third kappa shape index (κ3) is 4.71. The van der Waals surface area contributed by atoms with E-state index >= 15 is 0 Å². The van der Waals surface area contributed by atoms with Crippen molar-refractivity contribution in [2.75, 3.05) is 31.3 Å². The van der Waals surface area contributed by atoms with Crippen LogP contribution in [-0.2, 0) is 9.53 Å². The summed E-state index contributed by atoms with van der Waals surface area (Å²) < 4.78 is 31.5. The number of aromatic nitrogens is 1. The van der Waals surface area contributed by atoms with Gasteiger partial charge in [-0.15, -0.1) is 0 Å². The van der Waals surface area contributed by atoms with Crippen molar-refractivity contribution in [1.29, 1.82) is 0 Å². The van der Waals surface area contributed by atoms with Crippen molar-refractivity contribution in [1.82, 2.24) is 4.98 Å². The first kappa shape index (κ1) is 20.6. The minimum Gasteiger partial charge on any atom is -0.494 e. The molecule has 1 fully saturated rings. The monoisotopic (exact) mass is 430 g/mol. The molecular weight excluding hydrogens is 407 g/mol. The lowest BCUT2D eigenvalue weighted by Crippen LogP contribution is -2.40. The lowest BCUT2D eigenvalue weighted by molar-refractivity contribution is -0.121. The van der Waals surface area contributed by atoms with Crippen LogP contribution in [0.2, 0.25) is 0 Å². The number of benzene rings is 2. The van der Waals surface area contributed by atoms with Crippen LogP contribution in [0.1, 0.15) is 19.8 Å². The molecule has 4 rings (SSSR count). The molecule has 6 nitrogen and oxygen atoms in total. The van der Waals surface area contributed by atoms with Crippen molar-refractivity contribution >= 4 is 32.6 Å². The van der Waals surface area contributed by atoms with E-state index in [1.807, 2.05) is 25.1 Å². The van der Waals surface area contributed by atoms with Crippen LogP contribution in [0.25, 0.3) is 10.2 Å². The van der Waals surface area contributed by atoms with Gasteiger partial charge in [0.05, 0.1) is 29.5 Å². The van der Waals surface area contributed by atoms with Crippen molar-refractivity contribution in [2.45, 2.75) is 25.9 Å². The summed E-state index contributed by atoms with van der Waals surface area (Å²) >= 11 is 1.41. The number of carbonyl (C=O) groups is 1. The van der Waals surface area contributed by atoms with Gasteiger partial charge in [0, 0.05) is 6.61 Å². The Labute approximate surface area is 178 Å². The summed E-state index contributed by atoms with van der Waals surface area (Å²) in [4.78, 5) is 19.2. The second-order valence-electron chi connectivity index (χ2n) is 6.92. The standard InChI is InChI=1S/C22H23FN2O4S/c1-2-27-15-9-10-18-20(12-15)30-22(24-18)25(13-16-6-5-11-28-16)21(26)14-29-19-8-4-3-7-17(19)23/h3-4,7-10,12,16H,2,5-6,11,13-14H2,1H3. The van der Waals surface area contributed by atoms with Gasteiger partial charge >= 0.3 is 0 Å². The average Bonchev–Trinajstić information content (AvgIpc) is 3.40. The fraction of sp³-hybridized carbons (Fsp3) is 0.364. The van der Waals surface area contributed by atoms with Crippen LogP contribution in [0.15, 0.2) is 42.5 Å². The fourth-order valence-corrected chi connectivity index (χ4v) is 4.34. The van der Waals surface area contributed by atoms with E-state index in [0.717, 1.165) is 28.8 Å². The second-order valence-corrected chi connectivity index (χ2v) is 7.93. The van der Waals surface area contributed by atoms with Crippen molar-refractivity contribution in [2.24, 2.45) is 0 Å². The molecule has 8 heteroatoms. The molecule has 1 amide bonds. The van der Waals surface area contributed by atoms with Crippen LogP contribution < -0.4 is 14.4 Å². The molecule has 0 aliphatic carbocycles. The van der Waals surface area contributed by atoms with E-state index in [2.05, 4.69) is 4.98 Å². The molecule has 0 N–H and O–H groups in total. The number of anilines is 1. The zero-order chi connectivity index (χ0) is 20.9. The van der Waals surface area contributed by atoms with Gasteiger partial charge in [-0.3, -0.25) is 9.69 Å². The highest BCUT2D eigenvalue weighted by molar-refractivity contribution is 7.22. The van der Waals surface area contributed by atoms with Crippen LogP contribution in [0, 0.1) is 5.82 Å². The maximum atomic E-state index is 13.8. The van der Waals surface area contributed by atoms with Crippen LogP contribution in [-0.4, -0.2) is 43.4 Å². The predicted octanol–water partition coefficient (Wildman–Crippen LogP) is 4.43. The fourth-order valence-electron chi connectivity index (χ4n) is 3.32. The minimum absolute atomic E-state index is 0.0478. The van der Waals surface area contributed by atoms with Crippen molar-refractivity contribution < 1.29 is 23.4 Å². The number of hydrogen-bond acceptors (Lipinski definition) is 6. The Morgan fingerprint density at radius 1 is 1.30 bits per heavy atom. The Morgan fingerprint density at radius 2 is 2.17 bits per heavy atom. The second kappa shape index (κ2) is 9.40. The molecule has 0 bridgehead atoms. The maximum absolute atomic E-state index is 13.8. The van der Waals surface area contributed by atoms with Crippen LogP contribution in [0.3, 0.4) is 0 Å². The van der Waals surface area contributed by atoms with Crippen molar-refractivity contribution in [3.8, 4) is 11.5 Å². The molecule has 1 aromatic heterocycles. The van der Waals surface area contributed by atoms with E-state index in [0.29, 0.717) is 24.9 Å². The van der Waals surface area contributed by atoms with Crippen LogP contribution >= 0.6 is 11.3 Å². The summed E-state index contributed by atoms with van der Waals surface area (Å²) in [6, 6.07) is 11.7. The number of ether oxygens (including phenoxy) is 3. The summed E-state index contributed by atoms with van der Waals surface area (Å²) in [7, 11) is 0. The van der Waals surface area contributed by atoms with E-state index in [4.69, 9.17) is 14.2 Å². The Hall–Kier alpha value is -2.71. The first-order chi connectivity index (χ1) is 14.6. The van der Waals surface area contributed by atoms with E-state index in [9.17, 15) is 9.18 Å². The lowest BCUT2D eigenvalue weighted by Gasteiger charge is -2.23. The number of para-hydroxylation sites is 1. The van der Waals surface area contributed by atoms with Gasteiger partial charge in [0.1, 0.15) is 5.75 Å². The van der Waals surface area contributed by atoms with Gasteiger partial charge < -0.3 is 14.2 Å². The molecule has 3 aromatic rings. The number of nitrogens with zero attached hydrogens (tertiary/aromatic N) is 2. The zero-order valence-corrected chi connectivity index (χ0v) is 17.5. The third-order valence-electron chi connectivity index (χ3n) is 4.79. The molecule has 1 aliphatic rings. The highest BCUT2D eigenvalue weighted by atomic mass is 32.1. The molecule has 1 saturated heterocycles. The topological polar surface area (TPSA) is 60.9 Å². The highest BCUT2D eigenvalue weighted by Crippen LogP contribution is 2.32. The Bertz CT molecular complexity index is 1020. The van der Waals surface area contributed by atoms with E-state index in [1.165, 1.54) is 23.5 Å². The number of halogens is 1.